The molecule has 2 atom stereocenters. The van der Waals surface area contributed by atoms with Gasteiger partial charge in [0.05, 0.1) is 18.3 Å². The zero-order chi connectivity index (χ0) is 10.7. The molecule has 2 aliphatic rings. The Labute approximate surface area is 95.2 Å². The highest BCUT2D eigenvalue weighted by Crippen LogP contribution is 2.45. The van der Waals surface area contributed by atoms with Gasteiger partial charge in [-0.15, -0.1) is 0 Å². The van der Waals surface area contributed by atoms with Crippen molar-refractivity contribution in [2.24, 2.45) is 0 Å². The van der Waals surface area contributed by atoms with Crippen LogP contribution in [0.4, 0.5) is 0 Å². The molecule has 1 aliphatic heterocycles. The predicted molar refractivity (Wildman–Crippen MR) is 61.1 cm³/mol. The van der Waals surface area contributed by atoms with Gasteiger partial charge in [-0.2, -0.15) is 11.8 Å². The molecule has 3 nitrogen and oxygen atoms in total. The molecule has 1 spiro atoms. The first-order valence-corrected chi connectivity index (χ1v) is 6.83. The molecule has 2 fully saturated rings. The molecule has 15 heavy (non-hydrogen) atoms. The molecule has 2 N–H and O–H groups in total. The van der Waals surface area contributed by atoms with E-state index in [0.717, 1.165) is 19.4 Å². The molecule has 0 amide bonds. The third-order valence-corrected chi connectivity index (χ3v) is 4.90. The Morgan fingerprint density at radius 1 is 1.47 bits per heavy atom. The number of aliphatic hydroxyl groups excluding tert-OH is 2. The Balaban J connectivity index is 1.73. The second-order valence-corrected chi connectivity index (χ2v) is 6.00. The van der Waals surface area contributed by atoms with E-state index >= 15 is 0 Å². The van der Waals surface area contributed by atoms with Crippen LogP contribution < -0.4 is 0 Å². The summed E-state index contributed by atoms with van der Waals surface area (Å²) in [5.74, 6) is 0.650. The first kappa shape index (κ1) is 11.7. The van der Waals surface area contributed by atoms with Crippen molar-refractivity contribution in [2.75, 3.05) is 19.0 Å². The number of hydrogen-bond acceptors (Lipinski definition) is 4. The maximum atomic E-state index is 9.29. The topological polar surface area (TPSA) is 49.7 Å². The van der Waals surface area contributed by atoms with Gasteiger partial charge in [-0.05, 0) is 32.1 Å². The van der Waals surface area contributed by atoms with Gasteiger partial charge in [0.1, 0.15) is 0 Å². The second-order valence-electron chi connectivity index (χ2n) is 4.67. The summed E-state index contributed by atoms with van der Waals surface area (Å²) in [6.07, 6.45) is 5.39. The van der Waals surface area contributed by atoms with E-state index in [9.17, 15) is 5.11 Å². The van der Waals surface area contributed by atoms with Crippen LogP contribution >= 0.6 is 11.8 Å². The van der Waals surface area contributed by atoms with Crippen LogP contribution in [0.1, 0.15) is 32.1 Å². The van der Waals surface area contributed by atoms with Crippen molar-refractivity contribution in [3.8, 4) is 0 Å². The Hall–Kier alpha value is 0.230. The van der Waals surface area contributed by atoms with Crippen LogP contribution in [0.25, 0.3) is 0 Å². The fraction of sp³-hybridized carbons (Fsp3) is 1.00. The lowest BCUT2D eigenvalue weighted by Crippen LogP contribution is -2.46. The zero-order valence-corrected chi connectivity index (χ0v) is 9.84. The quantitative estimate of drug-likeness (QED) is 0.764. The van der Waals surface area contributed by atoms with Crippen molar-refractivity contribution >= 4 is 11.8 Å². The van der Waals surface area contributed by atoms with Crippen molar-refractivity contribution in [1.29, 1.82) is 0 Å². The molecule has 4 heteroatoms. The molecule has 1 saturated carbocycles. The lowest BCUT2D eigenvalue weighted by molar-refractivity contribution is -0.125. The van der Waals surface area contributed by atoms with Crippen molar-refractivity contribution < 1.29 is 14.9 Å². The summed E-state index contributed by atoms with van der Waals surface area (Å²) >= 11 is 1.79. The number of thioether (sulfide) groups is 1. The molecule has 0 radical (unpaired) electrons. The average Bonchev–Trinajstić information content (AvgIpc) is 2.24. The maximum absolute atomic E-state index is 9.29. The monoisotopic (exact) mass is 232 g/mol. The summed E-state index contributed by atoms with van der Waals surface area (Å²) in [5.41, 5.74) is 0.195. The highest BCUT2D eigenvalue weighted by Gasteiger charge is 2.42. The second kappa shape index (κ2) is 5.04. The van der Waals surface area contributed by atoms with E-state index in [1.807, 2.05) is 0 Å². The van der Waals surface area contributed by atoms with E-state index in [4.69, 9.17) is 9.84 Å². The van der Waals surface area contributed by atoms with Gasteiger partial charge in [0, 0.05) is 17.6 Å². The fourth-order valence-electron chi connectivity index (χ4n) is 2.34. The SMILES string of the molecule is OCC(O)CSC1CCOC2(CCC2)C1. The molecule has 1 saturated heterocycles. The molecule has 1 heterocycles. The van der Waals surface area contributed by atoms with Gasteiger partial charge in [-0.1, -0.05) is 0 Å². The van der Waals surface area contributed by atoms with Gasteiger partial charge in [-0.25, -0.2) is 0 Å². The average molecular weight is 232 g/mol. The molecule has 2 rings (SSSR count). The minimum Gasteiger partial charge on any atom is -0.394 e. The molecule has 0 bridgehead atoms. The number of ether oxygens (including phenoxy) is 1. The lowest BCUT2D eigenvalue weighted by Gasteiger charge is -2.47. The minimum atomic E-state index is -0.560. The van der Waals surface area contributed by atoms with Crippen molar-refractivity contribution in [3.63, 3.8) is 0 Å². The summed E-state index contributed by atoms with van der Waals surface area (Å²) < 4.78 is 5.84. The first-order chi connectivity index (χ1) is 7.24. The van der Waals surface area contributed by atoms with Crippen LogP contribution in [0.5, 0.6) is 0 Å². The highest BCUT2D eigenvalue weighted by atomic mass is 32.2. The van der Waals surface area contributed by atoms with Crippen LogP contribution in [0.2, 0.25) is 0 Å². The Bertz CT molecular complexity index is 206. The lowest BCUT2D eigenvalue weighted by atomic mass is 9.75. The minimum absolute atomic E-state index is 0.124. The summed E-state index contributed by atoms with van der Waals surface area (Å²) in [6.45, 7) is 0.744. The van der Waals surface area contributed by atoms with E-state index < -0.39 is 6.10 Å². The molecule has 0 aromatic rings. The van der Waals surface area contributed by atoms with Crippen molar-refractivity contribution in [2.45, 2.75) is 49.1 Å². The van der Waals surface area contributed by atoms with Gasteiger partial charge in [-0.3, -0.25) is 0 Å². The van der Waals surface area contributed by atoms with Crippen molar-refractivity contribution in [3.05, 3.63) is 0 Å². The van der Waals surface area contributed by atoms with Gasteiger partial charge in [0.25, 0.3) is 0 Å². The zero-order valence-electron chi connectivity index (χ0n) is 9.02. The Kier molecular flexibility index (Phi) is 3.93. The molecule has 0 aromatic carbocycles. The third kappa shape index (κ3) is 2.87. The summed E-state index contributed by atoms with van der Waals surface area (Å²) in [5, 5.41) is 18.6. The molecule has 88 valence electrons. The van der Waals surface area contributed by atoms with Crippen LogP contribution in [-0.4, -0.2) is 46.1 Å². The summed E-state index contributed by atoms with van der Waals surface area (Å²) in [4.78, 5) is 0. The van der Waals surface area contributed by atoms with Crippen LogP contribution in [0, 0.1) is 0 Å². The van der Waals surface area contributed by atoms with Gasteiger partial charge in [0.2, 0.25) is 0 Å². The Morgan fingerprint density at radius 2 is 2.27 bits per heavy atom. The third-order valence-electron chi connectivity index (χ3n) is 3.45. The van der Waals surface area contributed by atoms with Crippen molar-refractivity contribution in [1.82, 2.24) is 0 Å². The number of aliphatic hydroxyl groups is 2. The normalized spacial score (nSPS) is 31.2. The number of rotatable bonds is 4. The molecule has 1 aliphatic carbocycles. The Morgan fingerprint density at radius 3 is 2.87 bits per heavy atom. The summed E-state index contributed by atoms with van der Waals surface area (Å²) in [7, 11) is 0. The van der Waals surface area contributed by atoms with E-state index in [0.29, 0.717) is 11.0 Å². The van der Waals surface area contributed by atoms with E-state index in [1.165, 1.54) is 19.3 Å². The van der Waals surface area contributed by atoms with E-state index in [1.54, 1.807) is 11.8 Å². The molecular formula is C11H20O3S. The van der Waals surface area contributed by atoms with Gasteiger partial charge < -0.3 is 14.9 Å². The van der Waals surface area contributed by atoms with Gasteiger partial charge in [0.15, 0.2) is 0 Å². The van der Waals surface area contributed by atoms with E-state index in [2.05, 4.69) is 0 Å². The van der Waals surface area contributed by atoms with E-state index in [-0.39, 0.29) is 12.2 Å². The van der Waals surface area contributed by atoms with Gasteiger partial charge >= 0.3 is 0 Å². The van der Waals surface area contributed by atoms with Crippen LogP contribution in [0.3, 0.4) is 0 Å². The van der Waals surface area contributed by atoms with Crippen LogP contribution in [-0.2, 0) is 4.74 Å². The fourth-order valence-corrected chi connectivity index (χ4v) is 3.63. The largest absolute Gasteiger partial charge is 0.394 e. The smallest absolute Gasteiger partial charge is 0.0861 e. The number of hydrogen-bond donors (Lipinski definition) is 2. The summed E-state index contributed by atoms with van der Waals surface area (Å²) in [6, 6.07) is 0. The van der Waals surface area contributed by atoms with Crippen LogP contribution in [0.15, 0.2) is 0 Å². The predicted octanol–water partition coefficient (Wildman–Crippen LogP) is 1.17. The molecular weight excluding hydrogens is 212 g/mol. The first-order valence-electron chi connectivity index (χ1n) is 5.79. The standard InChI is InChI=1S/C11H20O3S/c12-7-9(13)8-15-10-2-5-14-11(6-10)3-1-4-11/h9-10,12-13H,1-8H2. The molecule has 2 unspecified atom stereocenters. The highest BCUT2D eigenvalue weighted by molar-refractivity contribution is 7.99. The maximum Gasteiger partial charge on any atom is 0.0861 e. The molecule has 0 aromatic heterocycles.